The first kappa shape index (κ1) is 32.7. The van der Waals surface area contributed by atoms with E-state index in [1.165, 1.54) is 21.3 Å². The highest BCUT2D eigenvalue weighted by Gasteiger charge is 2.30. The molecule has 44 heavy (non-hydrogen) atoms. The van der Waals surface area contributed by atoms with Gasteiger partial charge in [0.15, 0.2) is 0 Å². The van der Waals surface area contributed by atoms with E-state index >= 15 is 0 Å². The minimum atomic E-state index is -0.826. The summed E-state index contributed by atoms with van der Waals surface area (Å²) < 4.78 is 0. The molecule has 4 aromatic carbocycles. The van der Waals surface area contributed by atoms with Gasteiger partial charge in [0, 0.05) is 11.1 Å². The lowest BCUT2D eigenvalue weighted by molar-refractivity contribution is -0.180. The van der Waals surface area contributed by atoms with Gasteiger partial charge in [0.1, 0.15) is 12.1 Å². The molecule has 4 rings (SSSR count). The third-order valence-corrected chi connectivity index (χ3v) is 7.55. The highest BCUT2D eigenvalue weighted by Crippen LogP contribution is 2.24. The van der Waals surface area contributed by atoms with Crippen LogP contribution in [0.4, 0.5) is 0 Å². The number of hydrogen-bond donors (Lipinski definition) is 2. The third-order valence-electron chi connectivity index (χ3n) is 7.55. The second-order valence-electron chi connectivity index (χ2n) is 13.2. The number of nitrogens with zero attached hydrogens (tertiary/aromatic N) is 2. The maximum atomic E-state index is 11.6. The van der Waals surface area contributed by atoms with Crippen LogP contribution < -0.4 is 0 Å². The molecule has 0 aliphatic rings. The third kappa shape index (κ3) is 9.42. The monoisotopic (exact) mass is 584 g/mol. The zero-order chi connectivity index (χ0) is 31.7. The molecule has 4 heteroatoms. The van der Waals surface area contributed by atoms with Crippen molar-refractivity contribution in [3.05, 3.63) is 143 Å². The summed E-state index contributed by atoms with van der Waals surface area (Å²) in [5, 5.41) is 25.6. The lowest BCUT2D eigenvalue weighted by atomic mass is 9.86. The summed E-state index contributed by atoms with van der Waals surface area (Å²) in [4.78, 5) is 0. The van der Waals surface area contributed by atoms with Gasteiger partial charge >= 0.3 is 0 Å². The number of hydroxylamine groups is 4. The van der Waals surface area contributed by atoms with Crippen molar-refractivity contribution in [2.24, 2.45) is 0 Å². The van der Waals surface area contributed by atoms with Gasteiger partial charge in [-0.2, -0.15) is 10.1 Å². The van der Waals surface area contributed by atoms with Crippen LogP contribution in [0.15, 0.2) is 109 Å². The van der Waals surface area contributed by atoms with E-state index in [2.05, 4.69) is 89.5 Å². The molecule has 226 valence electrons. The molecule has 0 bridgehead atoms. The molecule has 0 aliphatic heterocycles. The second-order valence-corrected chi connectivity index (χ2v) is 13.2. The van der Waals surface area contributed by atoms with E-state index in [0.717, 1.165) is 22.3 Å². The number of benzene rings is 4. The first-order valence-corrected chi connectivity index (χ1v) is 15.1. The zero-order valence-electron chi connectivity index (χ0n) is 26.8. The van der Waals surface area contributed by atoms with Crippen LogP contribution in [0.1, 0.15) is 74.9 Å². The Balaban J connectivity index is 1.71. The van der Waals surface area contributed by atoms with Crippen LogP contribution in [0.2, 0.25) is 0 Å². The van der Waals surface area contributed by atoms with Crippen LogP contribution >= 0.6 is 0 Å². The van der Waals surface area contributed by atoms with E-state index in [1.807, 2.05) is 84.9 Å². The van der Waals surface area contributed by atoms with Gasteiger partial charge in [0.25, 0.3) is 0 Å². The fourth-order valence-electron chi connectivity index (χ4n) is 4.78. The smallest absolute Gasteiger partial charge is 0.125 e. The molecule has 0 radical (unpaired) electrons. The van der Waals surface area contributed by atoms with E-state index in [0.29, 0.717) is 0 Å². The fourth-order valence-corrected chi connectivity index (χ4v) is 4.78. The SMILES string of the molecule is CC(C)(C)c1ccc(CN(O)[C@H](C#Cc2ccccc2)[C@@H](C#Cc2ccccc2)N(O)Cc2ccc(C(C)(C)C)cc2)cc1. The van der Waals surface area contributed by atoms with E-state index in [-0.39, 0.29) is 23.9 Å². The van der Waals surface area contributed by atoms with Gasteiger partial charge in [-0.25, -0.2) is 0 Å². The van der Waals surface area contributed by atoms with E-state index in [1.54, 1.807) is 0 Å². The molecule has 0 saturated carbocycles. The molecule has 4 aromatic rings. The quantitative estimate of drug-likeness (QED) is 0.170. The number of hydrogen-bond acceptors (Lipinski definition) is 4. The summed E-state index contributed by atoms with van der Waals surface area (Å²) in [7, 11) is 0. The van der Waals surface area contributed by atoms with Gasteiger partial charge in [-0.15, -0.1) is 0 Å². The molecule has 0 saturated heterocycles. The number of rotatable bonds is 7. The Kier molecular flexibility index (Phi) is 10.8. The highest BCUT2D eigenvalue weighted by molar-refractivity contribution is 5.39. The molecule has 0 aromatic heterocycles. The van der Waals surface area contributed by atoms with Crippen LogP contribution in [0.3, 0.4) is 0 Å². The van der Waals surface area contributed by atoms with Crippen molar-refractivity contribution in [3.8, 4) is 23.7 Å². The molecular formula is C40H44N2O2. The largest absolute Gasteiger partial charge is 0.312 e. The van der Waals surface area contributed by atoms with Crippen LogP contribution in [-0.2, 0) is 23.9 Å². The molecule has 0 aliphatic carbocycles. The Morgan fingerprint density at radius 2 is 0.818 bits per heavy atom. The second kappa shape index (κ2) is 14.5. The summed E-state index contributed by atoms with van der Waals surface area (Å²) in [6, 6.07) is 34.2. The van der Waals surface area contributed by atoms with Crippen molar-refractivity contribution in [1.82, 2.24) is 10.1 Å². The van der Waals surface area contributed by atoms with E-state index in [9.17, 15) is 10.4 Å². The van der Waals surface area contributed by atoms with Gasteiger partial charge in [0.05, 0.1) is 13.1 Å². The molecule has 0 spiro atoms. The molecule has 2 N–H and O–H groups in total. The average molecular weight is 585 g/mol. The maximum absolute atomic E-state index is 11.6. The Labute approximate surface area is 263 Å². The van der Waals surface area contributed by atoms with E-state index < -0.39 is 12.1 Å². The lowest BCUT2D eigenvalue weighted by Crippen LogP contribution is -2.48. The molecule has 0 amide bonds. The minimum absolute atomic E-state index is 0.0295. The van der Waals surface area contributed by atoms with Gasteiger partial charge in [-0.3, -0.25) is 0 Å². The predicted molar refractivity (Wildman–Crippen MR) is 179 cm³/mol. The molecule has 0 fully saturated rings. The summed E-state index contributed by atoms with van der Waals surface area (Å²) in [5.41, 5.74) is 6.00. The van der Waals surface area contributed by atoms with Gasteiger partial charge in [-0.1, -0.05) is 150 Å². The topological polar surface area (TPSA) is 46.9 Å². The van der Waals surface area contributed by atoms with Crippen LogP contribution in [0.25, 0.3) is 0 Å². The summed E-state index contributed by atoms with van der Waals surface area (Å²) >= 11 is 0. The van der Waals surface area contributed by atoms with Crippen LogP contribution in [-0.4, -0.2) is 32.6 Å². The zero-order valence-corrected chi connectivity index (χ0v) is 26.8. The minimum Gasteiger partial charge on any atom is -0.312 e. The molecule has 4 nitrogen and oxygen atoms in total. The average Bonchev–Trinajstić information content (AvgIpc) is 2.99. The van der Waals surface area contributed by atoms with Crippen molar-refractivity contribution in [2.45, 2.75) is 77.5 Å². The van der Waals surface area contributed by atoms with Crippen molar-refractivity contribution in [2.75, 3.05) is 0 Å². The molecule has 0 unspecified atom stereocenters. The normalized spacial score (nSPS) is 13.0. The van der Waals surface area contributed by atoms with Crippen molar-refractivity contribution in [1.29, 1.82) is 0 Å². The van der Waals surface area contributed by atoms with Crippen molar-refractivity contribution in [3.63, 3.8) is 0 Å². The van der Waals surface area contributed by atoms with Gasteiger partial charge in [-0.05, 0) is 57.3 Å². The van der Waals surface area contributed by atoms with Crippen molar-refractivity contribution < 1.29 is 10.4 Å². The lowest BCUT2D eigenvalue weighted by Gasteiger charge is -2.31. The Bertz CT molecular complexity index is 1470. The van der Waals surface area contributed by atoms with Crippen LogP contribution in [0.5, 0.6) is 0 Å². The van der Waals surface area contributed by atoms with E-state index in [4.69, 9.17) is 0 Å². The molecule has 2 atom stereocenters. The van der Waals surface area contributed by atoms with Crippen LogP contribution in [0, 0.1) is 23.7 Å². The van der Waals surface area contributed by atoms with Gasteiger partial charge < -0.3 is 10.4 Å². The predicted octanol–water partition coefficient (Wildman–Crippen LogP) is 8.20. The molecular weight excluding hydrogens is 540 g/mol. The molecule has 0 heterocycles. The summed E-state index contributed by atoms with van der Waals surface area (Å²) in [6.07, 6.45) is 0. The van der Waals surface area contributed by atoms with Gasteiger partial charge in [0.2, 0.25) is 0 Å². The van der Waals surface area contributed by atoms with Crippen molar-refractivity contribution >= 4 is 0 Å². The maximum Gasteiger partial charge on any atom is 0.125 e. The standard InChI is InChI=1S/C40H44N2O2/c1-39(2,3)35-23-17-33(18-24-35)29-41(43)37(27-21-31-13-9-7-10-14-31)38(28-22-32-15-11-8-12-16-32)42(44)30-34-19-25-36(26-20-34)40(4,5)6/h7-20,23-26,37-38,43-44H,29-30H2,1-6H3/t37-,38-/m1/s1. The summed E-state index contributed by atoms with van der Waals surface area (Å²) in [6.45, 7) is 13.5. The Morgan fingerprint density at radius 1 is 0.500 bits per heavy atom. The first-order chi connectivity index (χ1) is 20.9. The first-order valence-electron chi connectivity index (χ1n) is 15.1. The fraction of sp³-hybridized carbons (Fsp3) is 0.300. The highest BCUT2D eigenvalue weighted by atomic mass is 16.5. The summed E-state index contributed by atoms with van der Waals surface area (Å²) in [5.74, 6) is 12.9. The Morgan fingerprint density at radius 3 is 1.11 bits per heavy atom. The Hall–Kier alpha value is -4.16.